The molecule has 11 rings (SSSR count). The van der Waals surface area contributed by atoms with Crippen LogP contribution in [0.5, 0.6) is 0 Å². The Morgan fingerprint density at radius 2 is 0.600 bits per heavy atom. The lowest BCUT2D eigenvalue weighted by Gasteiger charge is -2.31. The lowest BCUT2D eigenvalue weighted by atomic mass is 10.1. The van der Waals surface area contributed by atoms with Crippen LogP contribution in [0.2, 0.25) is 0 Å². The number of nitrogens with two attached hydrogens (primary N) is 2. The van der Waals surface area contributed by atoms with Gasteiger partial charge in [0.2, 0.25) is 53.2 Å². The summed E-state index contributed by atoms with van der Waals surface area (Å²) in [5.74, 6) is -9.27. The number of carboxylic acids is 1. The molecule has 4 heterocycles. The van der Waals surface area contributed by atoms with Crippen LogP contribution >= 0.6 is 0 Å². The van der Waals surface area contributed by atoms with Crippen LogP contribution in [0, 0.1) is 34.9 Å². The van der Waals surface area contributed by atoms with Gasteiger partial charge < -0.3 is 81.7 Å². The minimum Gasteiger partial charge on any atom is -0.480 e. The monoisotopic (exact) mass is 1730 g/mol. The first-order valence-corrected chi connectivity index (χ1v) is 40.5. The Bertz CT molecular complexity index is 4510. The van der Waals surface area contributed by atoms with Gasteiger partial charge in [0.05, 0.1) is 81.9 Å². The maximum Gasteiger partial charge on any atom is 0.325 e. The van der Waals surface area contributed by atoms with Crippen LogP contribution in [0.15, 0.2) is 225 Å². The van der Waals surface area contributed by atoms with Gasteiger partial charge in [0.15, 0.2) is 0 Å². The highest BCUT2D eigenvalue weighted by atomic mass is 19.2. The SMILES string of the molecule is COCCN1C(=O)[C@@H](N)CC=C[C@H]1c1ccccc1.COCCN1C(=O)[C@@H](NC(=O)[C@H](C)NC(=O)Cc2cc(F)cc(F)c2)CC=C[C@@H]1c1ccccc1.COCCN1C(=O)[C@@H](NC(=O)[C@H](C)NC(=O)Cc2cc(F)cc(F)c2)CC=C[C@H]1c1ccccc1.COCCN1C(=O)[C@H](N)CC=C[C@H]1c1ccccc1.C[C@H](NC(=O)Cc1cc(F)cc(F)c1)C(=O)O. The molecular weight excluding hydrogens is 1630 g/mol. The molecule has 125 heavy (non-hydrogen) atoms. The molecule has 4 aliphatic rings. The zero-order chi connectivity index (χ0) is 91.1. The second-order valence-electron chi connectivity index (χ2n) is 29.6. The molecule has 0 saturated carbocycles. The smallest absolute Gasteiger partial charge is 0.325 e. The molecule has 0 aromatic heterocycles. The fraction of sp³-hybridized carbons (Fsp3) is 0.355. The molecule has 32 heteroatoms. The molecule has 7 aromatic carbocycles. The number of benzene rings is 7. The maximum atomic E-state index is 13.4. The summed E-state index contributed by atoms with van der Waals surface area (Å²) in [5.41, 5.74) is 16.3. The first-order valence-electron chi connectivity index (χ1n) is 40.5. The minimum atomic E-state index is -1.18. The lowest BCUT2D eigenvalue weighted by Crippen LogP contribution is -2.53. The Morgan fingerprint density at radius 3 is 0.840 bits per heavy atom. The third-order valence-corrected chi connectivity index (χ3v) is 20.0. The third kappa shape index (κ3) is 32.3. The number of halogens is 6. The normalized spacial score (nSPS) is 19.2. The molecule has 4 aliphatic heterocycles. The first kappa shape index (κ1) is 99.6. The van der Waals surface area contributed by atoms with E-state index in [2.05, 4.69) is 38.7 Å². The molecule has 0 radical (unpaired) electrons. The van der Waals surface area contributed by atoms with Crippen molar-refractivity contribution < 1.29 is 98.3 Å². The van der Waals surface area contributed by atoms with E-state index in [1.807, 2.05) is 158 Å². The molecule has 0 aliphatic carbocycles. The van der Waals surface area contributed by atoms with Crippen molar-refractivity contribution in [3.05, 3.63) is 298 Å². The number of carbonyl (C=O) groups excluding carboxylic acids is 9. The number of carboxylic acid groups (broad SMARTS) is 1. The molecule has 668 valence electrons. The van der Waals surface area contributed by atoms with Gasteiger partial charge in [-0.2, -0.15) is 0 Å². The molecule has 11 atom stereocenters. The van der Waals surface area contributed by atoms with Crippen molar-refractivity contribution >= 4 is 59.1 Å². The van der Waals surface area contributed by atoms with Crippen LogP contribution in [0.25, 0.3) is 0 Å². The van der Waals surface area contributed by atoms with E-state index in [4.69, 9.17) is 35.5 Å². The largest absolute Gasteiger partial charge is 0.480 e. The third-order valence-electron chi connectivity index (χ3n) is 20.0. The summed E-state index contributed by atoms with van der Waals surface area (Å²) in [6.07, 6.45) is 16.6. The minimum absolute atomic E-state index is 0.0177. The van der Waals surface area contributed by atoms with Gasteiger partial charge in [-0.05, 0) is 122 Å². The fourth-order valence-corrected chi connectivity index (χ4v) is 13.7. The number of methoxy groups -OCH3 is 4. The van der Waals surface area contributed by atoms with Gasteiger partial charge in [0.1, 0.15) is 65.1 Å². The van der Waals surface area contributed by atoms with Crippen molar-refractivity contribution in [3.63, 3.8) is 0 Å². The molecule has 0 bridgehead atoms. The standard InChI is InChI=1S/2C26H29F2N3O4.2C15H20N2O2.C11H11F2NO3/c2*1-17(29-24(32)15-18-13-20(27)16-21(28)14-18)25(33)30-22-9-6-10-23(19-7-4-3-5-8-19)31(26(22)34)11-12-35-2;2*1-19-11-10-17-14(12-6-3-2-4-7-12)9-5-8-13(16)15(17)18;1-6(11(16)17)14-10(15)4-7-2-8(12)5-9(13)3-7/h2*3-8,10,13-14,16-17,22-23H,9,11-12,15H2,1-2H3,(H,29,32)(H,30,33);2*2-7,9,13-14H,8,10-11,16H2,1H3;2-3,5-6H,4H2,1H3,(H,14,15)(H,16,17)/t17-,22-,23+;17-,22-,23-;13-,14+;13-,14-;6-/m00100/s1. The Morgan fingerprint density at radius 1 is 0.368 bits per heavy atom. The van der Waals surface area contributed by atoms with Crippen molar-refractivity contribution in [2.75, 3.05) is 81.0 Å². The summed E-state index contributed by atoms with van der Waals surface area (Å²) in [5, 5.41) is 21.2. The van der Waals surface area contributed by atoms with E-state index in [1.165, 1.54) is 20.8 Å². The van der Waals surface area contributed by atoms with E-state index >= 15 is 0 Å². The van der Waals surface area contributed by atoms with Gasteiger partial charge in [-0.25, -0.2) is 26.3 Å². The van der Waals surface area contributed by atoms with Crippen LogP contribution in [-0.2, 0) is 86.2 Å². The summed E-state index contributed by atoms with van der Waals surface area (Å²) < 4.78 is 99.6. The molecule has 0 unspecified atom stereocenters. The lowest BCUT2D eigenvalue weighted by molar-refractivity contribution is -0.141. The van der Waals surface area contributed by atoms with Crippen molar-refractivity contribution in [1.29, 1.82) is 0 Å². The van der Waals surface area contributed by atoms with Crippen molar-refractivity contribution in [1.82, 2.24) is 46.2 Å². The van der Waals surface area contributed by atoms with E-state index in [0.29, 0.717) is 96.5 Å². The highest BCUT2D eigenvalue weighted by molar-refractivity contribution is 5.94. The molecular formula is C93H109F6N11O15. The van der Waals surface area contributed by atoms with E-state index in [0.717, 1.165) is 58.7 Å². The van der Waals surface area contributed by atoms with Gasteiger partial charge in [0, 0.05) is 72.8 Å². The molecule has 0 saturated heterocycles. The van der Waals surface area contributed by atoms with E-state index in [-0.39, 0.29) is 83.7 Å². The molecule has 0 spiro atoms. The molecule has 0 fully saturated rings. The number of carbonyl (C=O) groups is 10. The number of ether oxygens (including phenoxy) is 4. The molecule has 26 nitrogen and oxygen atoms in total. The number of hydrogen-bond acceptors (Lipinski definition) is 16. The van der Waals surface area contributed by atoms with E-state index < -0.39 is 113 Å². The highest BCUT2D eigenvalue weighted by Gasteiger charge is 2.37. The summed E-state index contributed by atoms with van der Waals surface area (Å²) >= 11 is 0. The summed E-state index contributed by atoms with van der Waals surface area (Å²) in [6.45, 7) is 7.70. The van der Waals surface area contributed by atoms with E-state index in [9.17, 15) is 74.3 Å². The zero-order valence-electron chi connectivity index (χ0n) is 70.7. The van der Waals surface area contributed by atoms with Crippen LogP contribution in [0.1, 0.15) is 110 Å². The number of amides is 9. The van der Waals surface area contributed by atoms with Gasteiger partial charge in [0.25, 0.3) is 0 Å². The predicted molar refractivity (Wildman–Crippen MR) is 457 cm³/mol. The molecule has 9 amide bonds. The molecule has 10 N–H and O–H groups in total. The van der Waals surface area contributed by atoms with Crippen molar-refractivity contribution in [2.45, 2.75) is 132 Å². The first-order chi connectivity index (χ1) is 59.9. The second kappa shape index (κ2) is 51.6. The Kier molecular flexibility index (Phi) is 41.1. The Hall–Kier alpha value is -12.5. The number of rotatable bonds is 30. The maximum absolute atomic E-state index is 13.4. The van der Waals surface area contributed by atoms with Gasteiger partial charge in [-0.15, -0.1) is 0 Å². The summed E-state index contributed by atoms with van der Waals surface area (Å²) in [6, 6.07) is 41.3. The van der Waals surface area contributed by atoms with Crippen LogP contribution < -0.4 is 38.1 Å². The van der Waals surface area contributed by atoms with Crippen LogP contribution in [-0.4, -0.2) is 207 Å². The van der Waals surface area contributed by atoms with Gasteiger partial charge >= 0.3 is 5.97 Å². The summed E-state index contributed by atoms with van der Waals surface area (Å²) in [7, 11) is 6.38. The average Bonchev–Trinajstić information content (AvgIpc) is 1.74. The number of hydrogen-bond donors (Lipinski definition) is 8. The van der Waals surface area contributed by atoms with Crippen LogP contribution in [0.4, 0.5) is 26.3 Å². The molecule has 7 aromatic rings. The number of nitrogens with zero attached hydrogens (tertiary/aromatic N) is 4. The highest BCUT2D eigenvalue weighted by Crippen LogP contribution is 2.31. The predicted octanol–water partition coefficient (Wildman–Crippen LogP) is 9.42. The van der Waals surface area contributed by atoms with Gasteiger partial charge in [-0.3, -0.25) is 47.9 Å². The van der Waals surface area contributed by atoms with Crippen molar-refractivity contribution in [2.24, 2.45) is 11.5 Å². The quantitative estimate of drug-likeness (QED) is 0.0153. The topological polar surface area (TPSA) is 353 Å². The average molecular weight is 1730 g/mol. The Labute approximate surface area is 723 Å². The number of nitrogens with one attached hydrogen (secondary N) is 5. The van der Waals surface area contributed by atoms with Crippen molar-refractivity contribution in [3.8, 4) is 0 Å². The fourth-order valence-electron chi connectivity index (χ4n) is 13.7. The van der Waals surface area contributed by atoms with Gasteiger partial charge in [-0.1, -0.05) is 170 Å². The second-order valence-corrected chi connectivity index (χ2v) is 29.6. The van der Waals surface area contributed by atoms with E-state index in [1.54, 1.807) is 48.0 Å². The number of aliphatic carboxylic acids is 1. The zero-order valence-corrected chi connectivity index (χ0v) is 70.7. The van der Waals surface area contributed by atoms with Crippen LogP contribution in [0.3, 0.4) is 0 Å². The summed E-state index contributed by atoms with van der Waals surface area (Å²) in [4.78, 5) is 130. The Balaban J connectivity index is 0.000000222.